The number of hydrogen-bond acceptors (Lipinski definition) is 2. The zero-order chi connectivity index (χ0) is 15.5. The lowest BCUT2D eigenvalue weighted by atomic mass is 9.81. The highest BCUT2D eigenvalue weighted by molar-refractivity contribution is 5.87. The van der Waals surface area contributed by atoms with Crippen molar-refractivity contribution in [2.75, 3.05) is 6.54 Å². The number of benzene rings is 1. The normalized spacial score (nSPS) is 24.5. The Morgan fingerprint density at radius 1 is 1.45 bits per heavy atom. The minimum atomic E-state index is -0.399. The topological polar surface area (TPSA) is 36.1 Å². The van der Waals surface area contributed by atoms with Gasteiger partial charge in [0.1, 0.15) is 0 Å². The Bertz CT molecular complexity index is 654. The van der Waals surface area contributed by atoms with Crippen molar-refractivity contribution in [3.8, 4) is 6.07 Å². The first-order chi connectivity index (χ1) is 10.7. The number of hydrogen-bond donors (Lipinski definition) is 0. The van der Waals surface area contributed by atoms with Crippen LogP contribution in [0.15, 0.2) is 35.3 Å². The predicted molar refractivity (Wildman–Crippen MR) is 86.6 cm³/mol. The Morgan fingerprint density at radius 2 is 2.32 bits per heavy atom. The van der Waals surface area contributed by atoms with Crippen LogP contribution < -0.4 is 0 Å². The number of aryl methyl sites for hydroxylation is 2. The maximum atomic E-state index is 13.0. The first-order valence-electron chi connectivity index (χ1n) is 8.10. The molecule has 1 heterocycles. The van der Waals surface area contributed by atoms with Crippen molar-refractivity contribution in [1.29, 1.82) is 5.26 Å². The molecular formula is C19H21FN2. The standard InChI is InChI=1S/C19H21FN2/c1-2-13-3-5-15-6-7-17(18(15)10-13)16(11-21)9-14-4-8-19(20)22-12-14/h3-5,8,10,14,16-17H,2,6-7,9,12H2,1H3. The van der Waals surface area contributed by atoms with Crippen molar-refractivity contribution in [2.45, 2.75) is 38.5 Å². The van der Waals surface area contributed by atoms with E-state index in [4.69, 9.17) is 0 Å². The molecule has 0 radical (unpaired) electrons. The molecule has 3 atom stereocenters. The van der Waals surface area contributed by atoms with Crippen molar-refractivity contribution in [2.24, 2.45) is 16.8 Å². The van der Waals surface area contributed by atoms with Gasteiger partial charge in [0, 0.05) is 12.5 Å². The maximum Gasteiger partial charge on any atom is 0.207 e. The summed E-state index contributed by atoms with van der Waals surface area (Å²) in [4.78, 5) is 3.85. The Morgan fingerprint density at radius 3 is 3.00 bits per heavy atom. The van der Waals surface area contributed by atoms with Gasteiger partial charge in [-0.1, -0.05) is 31.2 Å². The fourth-order valence-electron chi connectivity index (χ4n) is 3.64. The molecule has 2 nitrogen and oxygen atoms in total. The van der Waals surface area contributed by atoms with E-state index in [2.05, 4.69) is 36.2 Å². The monoisotopic (exact) mass is 296 g/mol. The van der Waals surface area contributed by atoms with Crippen LogP contribution in [0.4, 0.5) is 4.39 Å². The molecule has 0 bridgehead atoms. The summed E-state index contributed by atoms with van der Waals surface area (Å²) < 4.78 is 13.0. The van der Waals surface area contributed by atoms with Gasteiger partial charge >= 0.3 is 0 Å². The van der Waals surface area contributed by atoms with Crippen LogP contribution in [0, 0.1) is 23.2 Å². The van der Waals surface area contributed by atoms with Crippen LogP contribution in [0.25, 0.3) is 0 Å². The van der Waals surface area contributed by atoms with Gasteiger partial charge in [-0.15, -0.1) is 0 Å². The van der Waals surface area contributed by atoms with Gasteiger partial charge in [0.15, 0.2) is 0 Å². The average molecular weight is 296 g/mol. The van der Waals surface area contributed by atoms with Gasteiger partial charge in [0.05, 0.1) is 12.0 Å². The number of aliphatic imine (C=N–C) groups is 1. The summed E-state index contributed by atoms with van der Waals surface area (Å²) >= 11 is 0. The van der Waals surface area contributed by atoms with Crippen LogP contribution >= 0.6 is 0 Å². The minimum absolute atomic E-state index is 0.0145. The number of rotatable bonds is 4. The number of nitrogens with zero attached hydrogens (tertiary/aromatic N) is 2. The van der Waals surface area contributed by atoms with E-state index in [9.17, 15) is 9.65 Å². The molecule has 1 aliphatic heterocycles. The van der Waals surface area contributed by atoms with Crippen LogP contribution in [0.3, 0.4) is 0 Å². The second-order valence-electron chi connectivity index (χ2n) is 6.29. The molecule has 1 aromatic carbocycles. The highest BCUT2D eigenvalue weighted by atomic mass is 19.1. The van der Waals surface area contributed by atoms with Gasteiger partial charge in [-0.2, -0.15) is 9.65 Å². The zero-order valence-corrected chi connectivity index (χ0v) is 12.9. The highest BCUT2D eigenvalue weighted by Crippen LogP contribution is 2.41. The number of halogens is 1. The van der Waals surface area contributed by atoms with E-state index in [0.717, 1.165) is 25.7 Å². The van der Waals surface area contributed by atoms with Gasteiger partial charge in [0.2, 0.25) is 5.97 Å². The molecule has 0 aromatic heterocycles. The van der Waals surface area contributed by atoms with Crippen LogP contribution in [-0.4, -0.2) is 12.5 Å². The van der Waals surface area contributed by atoms with Crippen LogP contribution in [0.1, 0.15) is 42.4 Å². The number of fused-ring (bicyclic) bond motifs is 1. The molecule has 0 saturated carbocycles. The molecule has 114 valence electrons. The van der Waals surface area contributed by atoms with Crippen molar-refractivity contribution < 1.29 is 4.39 Å². The molecule has 3 heteroatoms. The van der Waals surface area contributed by atoms with Gasteiger partial charge in [0.25, 0.3) is 0 Å². The molecule has 0 spiro atoms. The van der Waals surface area contributed by atoms with E-state index >= 15 is 0 Å². The molecule has 0 amide bonds. The molecule has 3 unspecified atom stereocenters. The first-order valence-corrected chi connectivity index (χ1v) is 8.10. The lowest BCUT2D eigenvalue weighted by Crippen LogP contribution is -2.17. The average Bonchev–Trinajstić information content (AvgIpc) is 2.97. The van der Waals surface area contributed by atoms with E-state index in [1.165, 1.54) is 22.8 Å². The third-order valence-corrected chi connectivity index (χ3v) is 4.93. The molecule has 3 rings (SSSR count). The first kappa shape index (κ1) is 15.0. The summed E-state index contributed by atoms with van der Waals surface area (Å²) in [6, 6.07) is 9.21. The summed E-state index contributed by atoms with van der Waals surface area (Å²) in [6.07, 6.45) is 7.20. The van der Waals surface area contributed by atoms with E-state index in [1.807, 2.05) is 6.08 Å². The van der Waals surface area contributed by atoms with Crippen LogP contribution in [0.2, 0.25) is 0 Å². The SMILES string of the molecule is CCc1ccc2c(c1)C(C(C#N)CC1C=CC(F)=NC1)CC2. The summed E-state index contributed by atoms with van der Waals surface area (Å²) in [6.45, 7) is 2.63. The summed E-state index contributed by atoms with van der Waals surface area (Å²) in [5, 5.41) is 9.64. The highest BCUT2D eigenvalue weighted by Gasteiger charge is 2.31. The number of dihydropyridines is 1. The largest absolute Gasteiger partial charge is 0.257 e. The fraction of sp³-hybridized carbons (Fsp3) is 0.474. The molecular weight excluding hydrogens is 275 g/mol. The smallest absolute Gasteiger partial charge is 0.207 e. The Balaban J connectivity index is 1.76. The van der Waals surface area contributed by atoms with Crippen molar-refractivity contribution in [3.63, 3.8) is 0 Å². The molecule has 0 saturated heterocycles. The Kier molecular flexibility index (Phi) is 4.38. The predicted octanol–water partition coefficient (Wildman–Crippen LogP) is 4.36. The quantitative estimate of drug-likeness (QED) is 0.813. The minimum Gasteiger partial charge on any atom is -0.257 e. The summed E-state index contributed by atoms with van der Waals surface area (Å²) in [5.41, 5.74) is 4.10. The zero-order valence-electron chi connectivity index (χ0n) is 12.9. The van der Waals surface area contributed by atoms with E-state index in [-0.39, 0.29) is 11.8 Å². The lowest BCUT2D eigenvalue weighted by molar-refractivity contribution is 0.422. The van der Waals surface area contributed by atoms with Gasteiger partial charge in [-0.3, -0.25) is 4.99 Å². The Hall–Kier alpha value is -1.95. The number of allylic oxidation sites excluding steroid dienone is 1. The van der Waals surface area contributed by atoms with Crippen LogP contribution in [0.5, 0.6) is 0 Å². The third kappa shape index (κ3) is 2.97. The van der Waals surface area contributed by atoms with Crippen LogP contribution in [-0.2, 0) is 12.8 Å². The van der Waals surface area contributed by atoms with Crippen molar-refractivity contribution in [1.82, 2.24) is 0 Å². The van der Waals surface area contributed by atoms with Crippen molar-refractivity contribution in [3.05, 3.63) is 47.0 Å². The third-order valence-electron chi connectivity index (χ3n) is 4.93. The van der Waals surface area contributed by atoms with Gasteiger partial charge in [-0.25, -0.2) is 0 Å². The van der Waals surface area contributed by atoms with E-state index in [0.29, 0.717) is 12.5 Å². The van der Waals surface area contributed by atoms with E-state index in [1.54, 1.807) is 0 Å². The molecule has 0 fully saturated rings. The van der Waals surface area contributed by atoms with Crippen molar-refractivity contribution >= 4 is 5.97 Å². The number of nitriles is 1. The van der Waals surface area contributed by atoms with Gasteiger partial charge < -0.3 is 0 Å². The fourth-order valence-corrected chi connectivity index (χ4v) is 3.64. The molecule has 2 aliphatic rings. The van der Waals surface area contributed by atoms with Gasteiger partial charge in [-0.05, 0) is 54.4 Å². The maximum absolute atomic E-state index is 13.0. The molecule has 1 aromatic rings. The second kappa shape index (κ2) is 6.44. The summed E-state index contributed by atoms with van der Waals surface area (Å²) in [5.74, 6) is 0.0844. The second-order valence-corrected chi connectivity index (χ2v) is 6.29. The Labute approximate surface area is 131 Å². The molecule has 22 heavy (non-hydrogen) atoms. The molecule has 1 aliphatic carbocycles. The van der Waals surface area contributed by atoms with E-state index < -0.39 is 5.97 Å². The lowest BCUT2D eigenvalue weighted by Gasteiger charge is -2.22. The molecule has 0 N–H and O–H groups in total. The summed E-state index contributed by atoms with van der Waals surface area (Å²) in [7, 11) is 0.